The smallest absolute Gasteiger partial charge is 0.258 e. The normalized spacial score (nSPS) is 12.9. The highest BCUT2D eigenvalue weighted by Gasteiger charge is 2.26. The molecule has 0 saturated heterocycles. The fourth-order valence-corrected chi connectivity index (χ4v) is 4.15. The van der Waals surface area contributed by atoms with Crippen molar-refractivity contribution in [3.63, 3.8) is 0 Å². The quantitative estimate of drug-likeness (QED) is 0.458. The van der Waals surface area contributed by atoms with Crippen LogP contribution in [0.2, 0.25) is 0 Å². The van der Waals surface area contributed by atoms with Gasteiger partial charge in [0.1, 0.15) is 0 Å². The molecule has 4 aromatic carbocycles. The fourth-order valence-electron chi connectivity index (χ4n) is 4.15. The number of aryl methyl sites for hydroxylation is 1. The van der Waals surface area contributed by atoms with E-state index in [4.69, 9.17) is 0 Å². The van der Waals surface area contributed by atoms with E-state index in [1.165, 1.54) is 0 Å². The molecular weight excluding hydrogens is 348 g/mol. The molecule has 0 atom stereocenters. The van der Waals surface area contributed by atoms with Crippen molar-refractivity contribution in [2.45, 2.75) is 6.92 Å². The van der Waals surface area contributed by atoms with Gasteiger partial charge in [0.05, 0.1) is 11.6 Å². The van der Waals surface area contributed by atoms with Crippen LogP contribution in [0, 0.1) is 18.3 Å². The number of hydrogen-bond donors (Lipinski definition) is 1. The first kappa shape index (κ1) is 16.2. The second-order valence-electron chi connectivity index (χ2n) is 6.93. The van der Waals surface area contributed by atoms with Gasteiger partial charge >= 0.3 is 0 Å². The van der Waals surface area contributed by atoms with Gasteiger partial charge in [-0.2, -0.15) is 5.26 Å². The molecule has 0 fully saturated rings. The summed E-state index contributed by atoms with van der Waals surface area (Å²) < 4.78 is 0. The Bertz CT molecular complexity index is 1420. The molecule has 4 nitrogen and oxygen atoms in total. The van der Waals surface area contributed by atoms with Crippen LogP contribution in [0.15, 0.2) is 60.7 Å². The molecule has 4 aromatic rings. The van der Waals surface area contributed by atoms with Crippen LogP contribution in [0.3, 0.4) is 0 Å². The van der Waals surface area contributed by atoms with Crippen molar-refractivity contribution in [2.75, 3.05) is 0 Å². The minimum Gasteiger partial charge on any atom is -0.288 e. The maximum absolute atomic E-state index is 12.4. The van der Waals surface area contributed by atoms with E-state index < -0.39 is 0 Å². The molecule has 0 spiro atoms. The Balaban J connectivity index is 2.14. The average molecular weight is 362 g/mol. The summed E-state index contributed by atoms with van der Waals surface area (Å²) in [6, 6.07) is 21.1. The number of nitriles is 1. The Morgan fingerprint density at radius 3 is 2.18 bits per heavy atom. The lowest BCUT2D eigenvalue weighted by Gasteiger charge is -2.18. The number of rotatable bonds is 0. The largest absolute Gasteiger partial charge is 0.288 e. The van der Waals surface area contributed by atoms with Crippen molar-refractivity contribution in [1.29, 1.82) is 5.26 Å². The van der Waals surface area contributed by atoms with Gasteiger partial charge in [-0.05, 0) is 57.6 Å². The third-order valence-corrected chi connectivity index (χ3v) is 5.48. The molecule has 5 rings (SSSR count). The molecule has 4 heteroatoms. The minimum absolute atomic E-state index is 0.376. The van der Waals surface area contributed by atoms with Crippen molar-refractivity contribution in [2.24, 2.45) is 0 Å². The summed E-state index contributed by atoms with van der Waals surface area (Å²) >= 11 is 0. The maximum Gasteiger partial charge on any atom is 0.258 e. The van der Waals surface area contributed by atoms with Crippen molar-refractivity contribution >= 4 is 44.1 Å². The van der Waals surface area contributed by atoms with Crippen LogP contribution in [-0.4, -0.2) is 11.8 Å². The van der Waals surface area contributed by atoms with E-state index in [2.05, 4.69) is 11.4 Å². The first-order chi connectivity index (χ1) is 13.6. The second kappa shape index (κ2) is 5.77. The van der Waals surface area contributed by atoms with Gasteiger partial charge in [0.25, 0.3) is 11.8 Å². The van der Waals surface area contributed by atoms with E-state index in [-0.39, 0.29) is 11.8 Å². The van der Waals surface area contributed by atoms with Crippen LogP contribution in [-0.2, 0) is 0 Å². The van der Waals surface area contributed by atoms with E-state index in [0.717, 1.165) is 32.5 Å². The molecule has 2 amide bonds. The molecule has 0 aromatic heterocycles. The lowest BCUT2D eigenvalue weighted by atomic mass is 9.89. The topological polar surface area (TPSA) is 70.0 Å². The molecule has 0 aliphatic carbocycles. The molecule has 1 heterocycles. The van der Waals surface area contributed by atoms with Crippen LogP contribution in [0.4, 0.5) is 0 Å². The van der Waals surface area contributed by atoms with Gasteiger partial charge < -0.3 is 0 Å². The molecule has 0 unspecified atom stereocenters. The standard InChI is InChI=1S/C24H14N2O2/c1-13-16-5-3-2-4-14-6-9-19-22-20(24(28)26-23(19)27)11-10-18(21(14)22)17(13)8-7-15(16)12-25/h2-11H,1H3,(H,26,27,28). The van der Waals surface area contributed by atoms with Crippen LogP contribution in [0.1, 0.15) is 31.8 Å². The van der Waals surface area contributed by atoms with Gasteiger partial charge in [0.2, 0.25) is 0 Å². The van der Waals surface area contributed by atoms with Gasteiger partial charge in [-0.3, -0.25) is 14.9 Å². The van der Waals surface area contributed by atoms with Crippen LogP contribution < -0.4 is 5.32 Å². The van der Waals surface area contributed by atoms with Crippen LogP contribution >= 0.6 is 0 Å². The number of nitrogens with zero attached hydrogens (tertiary/aromatic N) is 1. The Kier molecular flexibility index (Phi) is 3.34. The average Bonchev–Trinajstić information content (AvgIpc) is 2.69. The summed E-state index contributed by atoms with van der Waals surface area (Å²) in [4.78, 5) is 24.8. The lowest BCUT2D eigenvalue weighted by molar-refractivity contribution is 0.0845. The first-order valence-electron chi connectivity index (χ1n) is 8.94. The predicted molar refractivity (Wildman–Crippen MR) is 109 cm³/mol. The number of carbonyl (C=O) groups is 2. The zero-order chi connectivity index (χ0) is 19.4. The first-order valence-corrected chi connectivity index (χ1v) is 8.94. The number of hydrogen-bond acceptors (Lipinski definition) is 3. The summed E-state index contributed by atoms with van der Waals surface area (Å²) in [6.45, 7) is 1.99. The minimum atomic E-state index is -0.376. The van der Waals surface area contributed by atoms with Crippen LogP contribution in [0.25, 0.3) is 32.3 Å². The van der Waals surface area contributed by atoms with Gasteiger partial charge in [-0.25, -0.2) is 0 Å². The highest BCUT2D eigenvalue weighted by atomic mass is 16.2. The van der Waals surface area contributed by atoms with Crippen molar-refractivity contribution in [3.05, 3.63) is 82.9 Å². The third kappa shape index (κ3) is 2.11. The van der Waals surface area contributed by atoms with Gasteiger partial charge in [-0.15, -0.1) is 0 Å². The zero-order valence-electron chi connectivity index (χ0n) is 15.0. The summed E-state index contributed by atoms with van der Waals surface area (Å²) in [5, 5.41) is 17.2. The van der Waals surface area contributed by atoms with E-state index in [1.54, 1.807) is 12.1 Å². The summed E-state index contributed by atoms with van der Waals surface area (Å²) in [5.41, 5.74) is 2.61. The molecular formula is C24H14N2O2. The Morgan fingerprint density at radius 1 is 0.750 bits per heavy atom. The van der Waals surface area contributed by atoms with E-state index >= 15 is 0 Å². The SMILES string of the molecule is Cc1c2ccccc3ccc4c5c(ccc(c1ccc2C#N)c35)C(=O)NC4=O. The summed E-state index contributed by atoms with van der Waals surface area (Å²) in [7, 11) is 0. The van der Waals surface area contributed by atoms with E-state index in [0.29, 0.717) is 22.1 Å². The summed E-state index contributed by atoms with van der Waals surface area (Å²) in [6.07, 6.45) is 0. The number of fused-ring (bicyclic) bond motifs is 3. The Hall–Kier alpha value is -3.97. The summed E-state index contributed by atoms with van der Waals surface area (Å²) in [5.74, 6) is -0.751. The van der Waals surface area contributed by atoms with Crippen molar-refractivity contribution in [3.8, 4) is 6.07 Å². The molecule has 28 heavy (non-hydrogen) atoms. The maximum atomic E-state index is 12.4. The fraction of sp³-hybridized carbons (Fsp3) is 0.0417. The Morgan fingerprint density at radius 2 is 1.43 bits per heavy atom. The molecule has 2 bridgehead atoms. The molecule has 0 saturated carbocycles. The van der Waals surface area contributed by atoms with E-state index in [1.807, 2.05) is 55.5 Å². The second-order valence-corrected chi connectivity index (χ2v) is 6.93. The number of carbonyl (C=O) groups excluding carboxylic acids is 2. The molecule has 0 radical (unpaired) electrons. The monoisotopic (exact) mass is 362 g/mol. The molecule has 132 valence electrons. The van der Waals surface area contributed by atoms with Gasteiger partial charge in [-0.1, -0.05) is 42.5 Å². The highest BCUT2D eigenvalue weighted by Crippen LogP contribution is 2.36. The van der Waals surface area contributed by atoms with Gasteiger partial charge in [0.15, 0.2) is 0 Å². The molecule has 1 N–H and O–H groups in total. The molecule has 1 aliphatic rings. The number of benzene rings is 3. The third-order valence-electron chi connectivity index (χ3n) is 5.48. The number of nitrogens with one attached hydrogen (secondary N) is 1. The van der Waals surface area contributed by atoms with Gasteiger partial charge in [0, 0.05) is 16.5 Å². The van der Waals surface area contributed by atoms with Crippen molar-refractivity contribution in [1.82, 2.24) is 5.32 Å². The molecule has 1 aliphatic heterocycles. The zero-order valence-corrected chi connectivity index (χ0v) is 15.0. The van der Waals surface area contributed by atoms with Crippen molar-refractivity contribution < 1.29 is 9.59 Å². The number of imide groups is 1. The highest BCUT2D eigenvalue weighted by molar-refractivity contribution is 6.31. The number of amides is 2. The lowest BCUT2D eigenvalue weighted by Crippen LogP contribution is -2.34. The van der Waals surface area contributed by atoms with Crippen LogP contribution in [0.5, 0.6) is 0 Å². The van der Waals surface area contributed by atoms with E-state index in [9.17, 15) is 14.9 Å². The Labute approximate surface area is 160 Å². The predicted octanol–water partition coefficient (Wildman–Crippen LogP) is 4.77.